The van der Waals surface area contributed by atoms with Crippen molar-refractivity contribution < 1.29 is 14.1 Å². The van der Waals surface area contributed by atoms with Gasteiger partial charge in [0.05, 0.1) is 11.1 Å². The van der Waals surface area contributed by atoms with Gasteiger partial charge in [-0.2, -0.15) is 0 Å². The van der Waals surface area contributed by atoms with Gasteiger partial charge in [-0.25, -0.2) is 4.98 Å². The molecule has 2 aromatic rings. The minimum atomic E-state index is -0.444. The maximum absolute atomic E-state index is 10.5. The maximum Gasteiger partial charge on any atom is 0.269 e. The van der Waals surface area contributed by atoms with Crippen LogP contribution in [0.15, 0.2) is 34.9 Å². The van der Waals surface area contributed by atoms with E-state index in [0.717, 1.165) is 5.56 Å². The van der Waals surface area contributed by atoms with Crippen LogP contribution < -0.4 is 0 Å². The minimum Gasteiger partial charge on any atom is -0.438 e. The second-order valence-electron chi connectivity index (χ2n) is 3.36. The van der Waals surface area contributed by atoms with Gasteiger partial charge in [-0.1, -0.05) is 0 Å². The third-order valence-corrected chi connectivity index (χ3v) is 2.18. The number of aromatic nitrogens is 1. The average molecular weight is 234 g/mol. The number of non-ortho nitro benzene ring substituents is 1. The van der Waals surface area contributed by atoms with Gasteiger partial charge in [-0.05, 0) is 12.1 Å². The van der Waals surface area contributed by atoms with Crippen molar-refractivity contribution in [3.05, 3.63) is 46.5 Å². The van der Waals surface area contributed by atoms with E-state index >= 15 is 0 Å². The number of nitrogens with zero attached hydrogens (tertiary/aromatic N) is 2. The smallest absolute Gasteiger partial charge is 0.269 e. The molecule has 0 saturated carbocycles. The molecule has 0 aliphatic heterocycles. The molecule has 0 amide bonds. The molecule has 0 aliphatic rings. The molecule has 1 aromatic carbocycles. The van der Waals surface area contributed by atoms with E-state index < -0.39 is 4.92 Å². The van der Waals surface area contributed by atoms with Gasteiger partial charge >= 0.3 is 0 Å². The van der Waals surface area contributed by atoms with E-state index in [-0.39, 0.29) is 5.69 Å². The van der Waals surface area contributed by atoms with Crippen molar-refractivity contribution in [2.45, 2.75) is 6.61 Å². The molecule has 1 heterocycles. The van der Waals surface area contributed by atoms with Crippen LogP contribution in [0.5, 0.6) is 0 Å². The van der Waals surface area contributed by atoms with Crippen molar-refractivity contribution in [1.82, 2.24) is 4.98 Å². The summed E-state index contributed by atoms with van der Waals surface area (Å²) in [5.74, 6) is 1.04. The van der Waals surface area contributed by atoms with Gasteiger partial charge in [0.25, 0.3) is 5.69 Å². The number of ether oxygens (including phenoxy) is 1. The lowest BCUT2D eigenvalue weighted by molar-refractivity contribution is -0.384. The summed E-state index contributed by atoms with van der Waals surface area (Å²) in [5.41, 5.74) is 0.788. The predicted molar refractivity (Wildman–Crippen MR) is 59.3 cm³/mol. The second kappa shape index (κ2) is 4.75. The van der Waals surface area contributed by atoms with E-state index in [9.17, 15) is 10.1 Å². The first kappa shape index (κ1) is 11.3. The van der Waals surface area contributed by atoms with Crippen LogP contribution >= 0.6 is 0 Å². The van der Waals surface area contributed by atoms with Gasteiger partial charge in [0, 0.05) is 24.8 Å². The molecule has 0 radical (unpaired) electrons. The summed E-state index contributed by atoms with van der Waals surface area (Å²) >= 11 is 0. The van der Waals surface area contributed by atoms with Crippen LogP contribution in [-0.4, -0.2) is 17.0 Å². The van der Waals surface area contributed by atoms with Crippen molar-refractivity contribution in [1.29, 1.82) is 0 Å². The molecule has 6 nitrogen and oxygen atoms in total. The predicted octanol–water partition coefficient (Wildman–Crippen LogP) is 2.40. The third kappa shape index (κ3) is 2.48. The molecule has 2 rings (SSSR count). The number of hydrogen-bond acceptors (Lipinski definition) is 5. The van der Waals surface area contributed by atoms with Gasteiger partial charge < -0.3 is 9.15 Å². The monoisotopic (exact) mass is 234 g/mol. The Morgan fingerprint density at radius 3 is 2.71 bits per heavy atom. The zero-order chi connectivity index (χ0) is 12.3. The Hall–Kier alpha value is -2.21. The number of oxazole rings is 1. The fraction of sp³-hybridized carbons (Fsp3) is 0.182. The van der Waals surface area contributed by atoms with Crippen LogP contribution in [0, 0.1) is 10.1 Å². The topological polar surface area (TPSA) is 78.4 Å². The number of benzene rings is 1. The van der Waals surface area contributed by atoms with Gasteiger partial charge in [-0.3, -0.25) is 10.1 Å². The van der Waals surface area contributed by atoms with Gasteiger partial charge in [-0.15, -0.1) is 0 Å². The fourth-order valence-electron chi connectivity index (χ4n) is 1.38. The normalized spacial score (nSPS) is 10.4. The highest BCUT2D eigenvalue weighted by atomic mass is 16.6. The molecule has 0 saturated heterocycles. The van der Waals surface area contributed by atoms with E-state index in [0.29, 0.717) is 18.3 Å². The van der Waals surface area contributed by atoms with Crippen LogP contribution in [0.2, 0.25) is 0 Å². The highest BCUT2D eigenvalue weighted by molar-refractivity contribution is 5.58. The summed E-state index contributed by atoms with van der Waals surface area (Å²) in [6.45, 7) is 0.299. The molecule has 0 fully saturated rings. The second-order valence-corrected chi connectivity index (χ2v) is 3.36. The molecule has 0 atom stereocenters. The molecule has 0 unspecified atom stereocenters. The average Bonchev–Trinajstić information content (AvgIpc) is 2.78. The molecule has 0 bridgehead atoms. The lowest BCUT2D eigenvalue weighted by Crippen LogP contribution is -1.86. The Balaban J connectivity index is 2.23. The molecule has 1 aromatic heterocycles. The maximum atomic E-state index is 10.5. The Labute approximate surface area is 97.0 Å². The van der Waals surface area contributed by atoms with Gasteiger partial charge in [0.1, 0.15) is 6.61 Å². The highest BCUT2D eigenvalue weighted by Gasteiger charge is 2.09. The third-order valence-electron chi connectivity index (χ3n) is 2.18. The Morgan fingerprint density at radius 2 is 2.12 bits per heavy atom. The number of methoxy groups -OCH3 is 1. The van der Waals surface area contributed by atoms with Crippen LogP contribution in [0.1, 0.15) is 5.89 Å². The molecule has 0 N–H and O–H groups in total. The van der Waals surface area contributed by atoms with Crippen molar-refractivity contribution in [2.75, 3.05) is 7.11 Å². The van der Waals surface area contributed by atoms with Crippen molar-refractivity contribution in [3.63, 3.8) is 0 Å². The van der Waals surface area contributed by atoms with Crippen molar-refractivity contribution in [3.8, 4) is 11.3 Å². The highest BCUT2D eigenvalue weighted by Crippen LogP contribution is 2.23. The number of rotatable bonds is 4. The van der Waals surface area contributed by atoms with Crippen molar-refractivity contribution >= 4 is 5.69 Å². The molecular weight excluding hydrogens is 224 g/mol. The lowest BCUT2D eigenvalue weighted by Gasteiger charge is -1.96. The SMILES string of the molecule is COCc1ncc(-c2ccc([N+](=O)[O-])cc2)o1. The summed E-state index contributed by atoms with van der Waals surface area (Å²) in [6.07, 6.45) is 1.56. The van der Waals surface area contributed by atoms with E-state index in [1.807, 2.05) is 0 Å². The summed E-state index contributed by atoms with van der Waals surface area (Å²) in [4.78, 5) is 14.1. The van der Waals surface area contributed by atoms with E-state index in [1.165, 1.54) is 12.1 Å². The summed E-state index contributed by atoms with van der Waals surface area (Å²) < 4.78 is 10.3. The fourth-order valence-corrected chi connectivity index (χ4v) is 1.38. The van der Waals surface area contributed by atoms with Crippen molar-refractivity contribution in [2.24, 2.45) is 0 Å². The minimum absolute atomic E-state index is 0.0466. The zero-order valence-corrected chi connectivity index (χ0v) is 9.12. The first-order valence-electron chi connectivity index (χ1n) is 4.89. The summed E-state index contributed by atoms with van der Waals surface area (Å²) in [5, 5.41) is 10.5. The quantitative estimate of drug-likeness (QED) is 0.599. The largest absolute Gasteiger partial charge is 0.438 e. The van der Waals surface area contributed by atoms with E-state index in [4.69, 9.17) is 9.15 Å². The number of hydrogen-bond donors (Lipinski definition) is 0. The van der Waals surface area contributed by atoms with Gasteiger partial charge in [0.15, 0.2) is 5.76 Å². The van der Waals surface area contributed by atoms with Crippen LogP contribution in [0.25, 0.3) is 11.3 Å². The van der Waals surface area contributed by atoms with E-state index in [1.54, 1.807) is 25.4 Å². The molecule has 0 spiro atoms. The first-order valence-corrected chi connectivity index (χ1v) is 4.89. The Kier molecular flexibility index (Phi) is 3.15. The first-order chi connectivity index (χ1) is 8.20. The number of nitro benzene ring substituents is 1. The molecule has 6 heteroatoms. The van der Waals surface area contributed by atoms with Crippen LogP contribution in [-0.2, 0) is 11.3 Å². The van der Waals surface area contributed by atoms with Crippen LogP contribution in [0.3, 0.4) is 0 Å². The summed E-state index contributed by atoms with van der Waals surface area (Å²) in [6, 6.07) is 6.09. The summed E-state index contributed by atoms with van der Waals surface area (Å²) in [7, 11) is 1.55. The zero-order valence-electron chi connectivity index (χ0n) is 9.12. The molecule has 17 heavy (non-hydrogen) atoms. The molecule has 0 aliphatic carbocycles. The Morgan fingerprint density at radius 1 is 1.41 bits per heavy atom. The van der Waals surface area contributed by atoms with E-state index in [2.05, 4.69) is 4.98 Å². The molecular formula is C11H10N2O4. The lowest BCUT2D eigenvalue weighted by atomic mass is 10.2. The number of nitro groups is 1. The van der Waals surface area contributed by atoms with Gasteiger partial charge in [0.2, 0.25) is 5.89 Å². The van der Waals surface area contributed by atoms with Crippen LogP contribution in [0.4, 0.5) is 5.69 Å². The Bertz CT molecular complexity index is 519. The standard InChI is InChI=1S/C11H10N2O4/c1-16-7-11-12-6-10(17-11)8-2-4-9(5-3-8)13(14)15/h2-6H,7H2,1H3. The molecule has 88 valence electrons.